The monoisotopic (exact) mass is 499 g/mol. The molecule has 0 saturated carbocycles. The van der Waals surface area contributed by atoms with E-state index in [-0.39, 0.29) is 0 Å². The Morgan fingerprint density at radius 3 is 2.42 bits per heavy atom. The van der Waals surface area contributed by atoms with Crippen molar-refractivity contribution >= 4 is 79.9 Å². The minimum atomic E-state index is 0.695. The van der Waals surface area contributed by atoms with Crippen LogP contribution in [0.5, 0.6) is 0 Å². The van der Waals surface area contributed by atoms with Gasteiger partial charge in [-0.2, -0.15) is 0 Å². The van der Waals surface area contributed by atoms with Gasteiger partial charge in [-0.25, -0.2) is 0 Å². The van der Waals surface area contributed by atoms with Crippen molar-refractivity contribution in [3.05, 3.63) is 22.8 Å². The minimum Gasteiger partial charge on any atom is -0.328 e. The molecule has 0 aliphatic heterocycles. The lowest BCUT2D eigenvalue weighted by Crippen LogP contribution is -1.98. The number of amides is 1. The fourth-order valence-electron chi connectivity index (χ4n) is 0.701. The topological polar surface area (TPSA) is 29.1 Å². The molecule has 0 unspecified atom stereocenters. The molecular weight excluding hydrogens is 495 g/mol. The number of halogens is 3. The molecule has 0 aliphatic carbocycles. The van der Waals surface area contributed by atoms with Gasteiger partial charge in [0.2, 0.25) is 6.41 Å². The molecule has 0 aliphatic rings. The molecule has 0 heterocycles. The molecule has 0 fully saturated rings. The van der Waals surface area contributed by atoms with Crippen LogP contribution >= 0.6 is 67.8 Å². The molecule has 0 atom stereocenters. The molecule has 0 spiro atoms. The summed E-state index contributed by atoms with van der Waals surface area (Å²) in [6.07, 6.45) is 0.695. The van der Waals surface area contributed by atoms with Gasteiger partial charge in [0.05, 0.1) is 9.26 Å². The summed E-state index contributed by atoms with van der Waals surface area (Å²) in [5.74, 6) is 0. The lowest BCUT2D eigenvalue weighted by atomic mass is 10.3. The Labute approximate surface area is 111 Å². The molecule has 1 N–H and O–H groups in total. The van der Waals surface area contributed by atoms with Crippen LogP contribution in [0.3, 0.4) is 0 Å². The molecule has 0 aromatic heterocycles. The fourth-order valence-corrected chi connectivity index (χ4v) is 2.76. The zero-order chi connectivity index (χ0) is 9.14. The van der Waals surface area contributed by atoms with Gasteiger partial charge in [-0.1, -0.05) is 0 Å². The van der Waals surface area contributed by atoms with E-state index in [1.165, 1.54) is 7.14 Å². The van der Waals surface area contributed by atoms with Crippen molar-refractivity contribution in [1.29, 1.82) is 0 Å². The van der Waals surface area contributed by atoms with E-state index in [1.807, 2.05) is 12.1 Å². The first-order valence-corrected chi connectivity index (χ1v) is 6.24. The highest BCUT2D eigenvalue weighted by Crippen LogP contribution is 2.27. The molecular formula is C7H4I3NO. The third-order valence-electron chi connectivity index (χ3n) is 1.25. The van der Waals surface area contributed by atoms with Gasteiger partial charge >= 0.3 is 0 Å². The average Bonchev–Trinajstić information content (AvgIpc) is 2.07. The standard InChI is InChI=1S/C7H4I3NO/c8-4-1-2-5(11-3-12)7(10)6(4)9/h1-3H,(H,11,12). The summed E-state index contributed by atoms with van der Waals surface area (Å²) >= 11 is 6.75. The minimum absolute atomic E-state index is 0.695. The van der Waals surface area contributed by atoms with Gasteiger partial charge in [-0.15, -0.1) is 0 Å². The molecule has 0 saturated heterocycles. The van der Waals surface area contributed by atoms with Crippen molar-refractivity contribution in [2.75, 3.05) is 5.32 Å². The van der Waals surface area contributed by atoms with E-state index in [4.69, 9.17) is 0 Å². The highest BCUT2D eigenvalue weighted by atomic mass is 127. The first kappa shape index (κ1) is 11.0. The molecule has 1 aromatic carbocycles. The van der Waals surface area contributed by atoms with Crippen LogP contribution in [-0.4, -0.2) is 6.41 Å². The third kappa shape index (κ3) is 2.44. The quantitative estimate of drug-likeness (QED) is 0.379. The van der Waals surface area contributed by atoms with E-state index >= 15 is 0 Å². The Kier molecular flexibility index (Phi) is 4.51. The second kappa shape index (κ2) is 4.94. The van der Waals surface area contributed by atoms with E-state index in [0.29, 0.717) is 6.41 Å². The molecule has 1 aromatic rings. The molecule has 1 rings (SSSR count). The van der Waals surface area contributed by atoms with Crippen molar-refractivity contribution in [3.8, 4) is 0 Å². The Balaban J connectivity index is 3.16. The lowest BCUT2D eigenvalue weighted by Gasteiger charge is -2.05. The first-order chi connectivity index (χ1) is 5.66. The maximum absolute atomic E-state index is 10.2. The SMILES string of the molecule is O=CNc1ccc(I)c(I)c1I. The van der Waals surface area contributed by atoms with Gasteiger partial charge in [0.1, 0.15) is 0 Å². The maximum atomic E-state index is 10.2. The third-order valence-corrected chi connectivity index (χ3v) is 6.45. The van der Waals surface area contributed by atoms with Crippen molar-refractivity contribution in [2.45, 2.75) is 0 Å². The smallest absolute Gasteiger partial charge is 0.211 e. The van der Waals surface area contributed by atoms with E-state index in [1.54, 1.807) is 0 Å². The molecule has 12 heavy (non-hydrogen) atoms. The molecule has 1 amide bonds. The zero-order valence-electron chi connectivity index (χ0n) is 5.77. The van der Waals surface area contributed by atoms with Gasteiger partial charge in [0, 0.05) is 7.14 Å². The molecule has 2 nitrogen and oxygen atoms in total. The van der Waals surface area contributed by atoms with Crippen molar-refractivity contribution in [2.24, 2.45) is 0 Å². The van der Waals surface area contributed by atoms with Crippen LogP contribution in [0, 0.1) is 10.7 Å². The summed E-state index contributed by atoms with van der Waals surface area (Å²) in [5.41, 5.74) is 0.871. The van der Waals surface area contributed by atoms with Crippen LogP contribution in [0.4, 0.5) is 5.69 Å². The van der Waals surface area contributed by atoms with E-state index in [2.05, 4.69) is 73.1 Å². The molecule has 5 heteroatoms. The predicted octanol–water partition coefficient (Wildman–Crippen LogP) is 3.07. The largest absolute Gasteiger partial charge is 0.328 e. The van der Waals surface area contributed by atoms with Gasteiger partial charge in [0.25, 0.3) is 0 Å². The zero-order valence-corrected chi connectivity index (χ0v) is 12.2. The van der Waals surface area contributed by atoms with Crippen LogP contribution in [0.2, 0.25) is 0 Å². The summed E-state index contributed by atoms with van der Waals surface area (Å²) < 4.78 is 3.47. The number of rotatable bonds is 2. The number of hydrogen-bond acceptors (Lipinski definition) is 1. The number of benzene rings is 1. The fraction of sp³-hybridized carbons (Fsp3) is 0. The summed E-state index contributed by atoms with van der Waals surface area (Å²) in [4.78, 5) is 10.2. The van der Waals surface area contributed by atoms with Gasteiger partial charge in [-0.05, 0) is 79.9 Å². The Bertz CT molecular complexity index is 314. The van der Waals surface area contributed by atoms with Crippen LogP contribution in [0.15, 0.2) is 12.1 Å². The number of hydrogen-bond donors (Lipinski definition) is 1. The second-order valence-corrected chi connectivity index (χ2v) is 5.30. The Morgan fingerprint density at radius 2 is 1.83 bits per heavy atom. The van der Waals surface area contributed by atoms with Crippen molar-refractivity contribution in [3.63, 3.8) is 0 Å². The van der Waals surface area contributed by atoms with E-state index in [0.717, 1.165) is 9.26 Å². The summed E-state index contributed by atoms with van der Waals surface area (Å²) in [7, 11) is 0. The average molecular weight is 499 g/mol. The summed E-state index contributed by atoms with van der Waals surface area (Å²) in [6.45, 7) is 0. The summed E-state index contributed by atoms with van der Waals surface area (Å²) in [6, 6.07) is 3.89. The summed E-state index contributed by atoms with van der Waals surface area (Å²) in [5, 5.41) is 2.65. The van der Waals surface area contributed by atoms with Gasteiger partial charge < -0.3 is 5.32 Å². The van der Waals surface area contributed by atoms with Gasteiger partial charge in [-0.3, -0.25) is 4.79 Å². The van der Waals surface area contributed by atoms with E-state index < -0.39 is 0 Å². The van der Waals surface area contributed by atoms with Crippen molar-refractivity contribution < 1.29 is 4.79 Å². The van der Waals surface area contributed by atoms with Crippen LogP contribution < -0.4 is 5.32 Å². The van der Waals surface area contributed by atoms with E-state index in [9.17, 15) is 4.79 Å². The molecule has 0 bridgehead atoms. The molecule has 0 radical (unpaired) electrons. The van der Waals surface area contributed by atoms with Crippen LogP contribution in [0.1, 0.15) is 0 Å². The number of carbonyl (C=O) groups excluding carboxylic acids is 1. The Hall–Kier alpha value is 0.880. The maximum Gasteiger partial charge on any atom is 0.211 e. The first-order valence-electron chi connectivity index (χ1n) is 3.00. The number of carbonyl (C=O) groups is 1. The lowest BCUT2D eigenvalue weighted by molar-refractivity contribution is -0.105. The number of anilines is 1. The van der Waals surface area contributed by atoms with Gasteiger partial charge in [0.15, 0.2) is 0 Å². The highest BCUT2D eigenvalue weighted by molar-refractivity contribution is 14.1. The Morgan fingerprint density at radius 1 is 1.17 bits per heavy atom. The van der Waals surface area contributed by atoms with Crippen molar-refractivity contribution in [1.82, 2.24) is 0 Å². The highest BCUT2D eigenvalue weighted by Gasteiger charge is 2.05. The van der Waals surface area contributed by atoms with Crippen LogP contribution in [0.25, 0.3) is 0 Å². The molecule has 64 valence electrons. The normalized spacial score (nSPS) is 9.58. The second-order valence-electron chi connectivity index (χ2n) is 1.99. The predicted molar refractivity (Wildman–Crippen MR) is 74.3 cm³/mol. The van der Waals surface area contributed by atoms with Crippen LogP contribution in [-0.2, 0) is 4.79 Å². The number of nitrogens with one attached hydrogen (secondary N) is 1.